The van der Waals surface area contributed by atoms with Crippen molar-refractivity contribution < 1.29 is 14.9 Å². The zero-order valence-electron chi connectivity index (χ0n) is 14.4. The van der Waals surface area contributed by atoms with Crippen LogP contribution in [0.25, 0.3) is 0 Å². The number of aromatic hydroxyl groups is 1. The van der Waals surface area contributed by atoms with Crippen molar-refractivity contribution in [3.05, 3.63) is 59.2 Å². The third kappa shape index (κ3) is 5.11. The second-order valence-corrected chi connectivity index (χ2v) is 6.51. The number of rotatable bonds is 6. The van der Waals surface area contributed by atoms with E-state index < -0.39 is 6.10 Å². The Morgan fingerprint density at radius 2 is 2.04 bits per heavy atom. The minimum Gasteiger partial charge on any atom is -0.508 e. The summed E-state index contributed by atoms with van der Waals surface area (Å²) in [4.78, 5) is 0. The Bertz CT molecular complexity index is 692. The number of ether oxygens (including phenoxy) is 1. The number of methoxy groups -OCH3 is 1. The topological polar surface area (TPSA) is 61.7 Å². The lowest BCUT2D eigenvalue weighted by molar-refractivity contribution is 0.171. The molecule has 1 aliphatic rings. The first kappa shape index (κ1) is 19.6. The average molecular weight is 364 g/mol. The Kier molecular flexibility index (Phi) is 7.12. The number of phenolic OH excluding ortho intramolecular Hbond substituents is 1. The van der Waals surface area contributed by atoms with Gasteiger partial charge in [0, 0.05) is 6.54 Å². The standard InChI is InChI=1S/C20H25NO3.ClH/c1-24-19-4-2-3-16(11-19)20(23)13-21-12-14-5-6-15-7-8-18(22)10-17(15)9-14;/h2-4,7-8,10-11,14,20-23H,5-6,9,12-13H2,1H3;1H. The van der Waals surface area contributed by atoms with Gasteiger partial charge in [-0.1, -0.05) is 18.2 Å². The molecule has 0 saturated carbocycles. The van der Waals surface area contributed by atoms with Crippen molar-refractivity contribution in [2.45, 2.75) is 25.4 Å². The minimum atomic E-state index is -0.542. The fourth-order valence-corrected chi connectivity index (χ4v) is 3.38. The molecule has 3 N–H and O–H groups in total. The fraction of sp³-hybridized carbons (Fsp3) is 0.400. The number of fused-ring (bicyclic) bond motifs is 1. The third-order valence-electron chi connectivity index (χ3n) is 4.77. The molecular formula is C20H26ClNO3. The van der Waals surface area contributed by atoms with Crippen LogP contribution in [0.4, 0.5) is 0 Å². The van der Waals surface area contributed by atoms with Gasteiger partial charge in [0.2, 0.25) is 0 Å². The second kappa shape index (κ2) is 9.09. The molecule has 2 atom stereocenters. The number of phenols is 1. The van der Waals surface area contributed by atoms with E-state index in [2.05, 4.69) is 5.32 Å². The van der Waals surface area contributed by atoms with Gasteiger partial charge in [0.25, 0.3) is 0 Å². The van der Waals surface area contributed by atoms with Crippen molar-refractivity contribution in [2.24, 2.45) is 5.92 Å². The van der Waals surface area contributed by atoms with Gasteiger partial charge in [-0.05, 0) is 72.7 Å². The highest BCUT2D eigenvalue weighted by molar-refractivity contribution is 5.85. The predicted molar refractivity (Wildman–Crippen MR) is 102 cm³/mol. The molecule has 0 heterocycles. The van der Waals surface area contributed by atoms with Crippen LogP contribution in [0.15, 0.2) is 42.5 Å². The molecule has 0 fully saturated rings. The van der Waals surface area contributed by atoms with Crippen LogP contribution in [0.3, 0.4) is 0 Å². The quantitative estimate of drug-likeness (QED) is 0.737. The van der Waals surface area contributed by atoms with E-state index in [4.69, 9.17) is 4.74 Å². The molecule has 3 rings (SSSR count). The van der Waals surface area contributed by atoms with Gasteiger partial charge in [-0.25, -0.2) is 0 Å². The predicted octanol–water partition coefficient (Wildman–Crippen LogP) is 3.25. The molecule has 4 nitrogen and oxygen atoms in total. The molecule has 136 valence electrons. The smallest absolute Gasteiger partial charge is 0.119 e. The summed E-state index contributed by atoms with van der Waals surface area (Å²) in [5.74, 6) is 1.64. The number of hydrogen-bond acceptors (Lipinski definition) is 4. The molecule has 0 radical (unpaired) electrons. The molecular weight excluding hydrogens is 338 g/mol. The van der Waals surface area contributed by atoms with Crippen LogP contribution in [0, 0.1) is 5.92 Å². The lowest BCUT2D eigenvalue weighted by atomic mass is 9.84. The maximum Gasteiger partial charge on any atom is 0.119 e. The van der Waals surface area contributed by atoms with Gasteiger partial charge in [-0.15, -0.1) is 12.4 Å². The van der Waals surface area contributed by atoms with Crippen LogP contribution in [0.1, 0.15) is 29.2 Å². The van der Waals surface area contributed by atoms with E-state index in [1.165, 1.54) is 11.1 Å². The molecule has 2 unspecified atom stereocenters. The summed E-state index contributed by atoms with van der Waals surface area (Å²) in [5.41, 5.74) is 3.46. The molecule has 0 amide bonds. The lowest BCUT2D eigenvalue weighted by Gasteiger charge is -2.25. The van der Waals surface area contributed by atoms with Gasteiger partial charge in [-0.2, -0.15) is 0 Å². The van der Waals surface area contributed by atoms with Gasteiger partial charge in [0.15, 0.2) is 0 Å². The maximum atomic E-state index is 10.3. The maximum absolute atomic E-state index is 10.3. The highest BCUT2D eigenvalue weighted by Crippen LogP contribution is 2.28. The lowest BCUT2D eigenvalue weighted by Crippen LogP contribution is -2.30. The molecule has 0 bridgehead atoms. The number of aliphatic hydroxyl groups excluding tert-OH is 1. The Labute approximate surface area is 155 Å². The first-order chi connectivity index (χ1) is 11.7. The molecule has 0 spiro atoms. The van der Waals surface area contributed by atoms with E-state index in [1.54, 1.807) is 13.2 Å². The molecule has 0 aliphatic heterocycles. The number of hydrogen-bond donors (Lipinski definition) is 3. The summed E-state index contributed by atoms with van der Waals surface area (Å²) in [6.45, 7) is 1.40. The minimum absolute atomic E-state index is 0. The van der Waals surface area contributed by atoms with E-state index in [0.29, 0.717) is 18.2 Å². The SMILES string of the molecule is COc1cccc(C(O)CNCC2CCc3ccc(O)cc3C2)c1.Cl. The average Bonchev–Trinajstić information content (AvgIpc) is 2.61. The van der Waals surface area contributed by atoms with Gasteiger partial charge < -0.3 is 20.3 Å². The van der Waals surface area contributed by atoms with E-state index in [9.17, 15) is 10.2 Å². The van der Waals surface area contributed by atoms with Crippen molar-refractivity contribution in [2.75, 3.05) is 20.2 Å². The molecule has 1 aliphatic carbocycles. The van der Waals surface area contributed by atoms with E-state index >= 15 is 0 Å². The van der Waals surface area contributed by atoms with Crippen LogP contribution >= 0.6 is 12.4 Å². The second-order valence-electron chi connectivity index (χ2n) is 6.51. The van der Waals surface area contributed by atoms with Gasteiger partial charge >= 0.3 is 0 Å². The Morgan fingerprint density at radius 1 is 1.20 bits per heavy atom. The van der Waals surface area contributed by atoms with Gasteiger partial charge in [0.05, 0.1) is 13.2 Å². The monoisotopic (exact) mass is 363 g/mol. The summed E-state index contributed by atoms with van der Waals surface area (Å²) in [7, 11) is 1.63. The molecule has 2 aromatic carbocycles. The van der Waals surface area contributed by atoms with Gasteiger partial charge in [-0.3, -0.25) is 0 Å². The van der Waals surface area contributed by atoms with E-state index in [1.807, 2.05) is 36.4 Å². The largest absolute Gasteiger partial charge is 0.508 e. The summed E-state index contributed by atoms with van der Waals surface area (Å²) in [5, 5.41) is 23.3. The van der Waals surface area contributed by atoms with Crippen molar-refractivity contribution in [3.63, 3.8) is 0 Å². The number of aryl methyl sites for hydroxylation is 1. The van der Waals surface area contributed by atoms with E-state index in [0.717, 1.165) is 37.1 Å². The Morgan fingerprint density at radius 3 is 2.84 bits per heavy atom. The van der Waals surface area contributed by atoms with Crippen LogP contribution in [0.2, 0.25) is 0 Å². The van der Waals surface area contributed by atoms with Crippen molar-refractivity contribution >= 4 is 12.4 Å². The summed E-state index contributed by atoms with van der Waals surface area (Å²) < 4.78 is 5.20. The molecule has 0 aromatic heterocycles. The van der Waals surface area contributed by atoms with Gasteiger partial charge in [0.1, 0.15) is 11.5 Å². The van der Waals surface area contributed by atoms with Crippen LogP contribution in [-0.2, 0) is 12.8 Å². The number of nitrogens with one attached hydrogen (secondary N) is 1. The molecule has 5 heteroatoms. The van der Waals surface area contributed by atoms with Crippen LogP contribution in [0.5, 0.6) is 11.5 Å². The number of halogens is 1. The van der Waals surface area contributed by atoms with Crippen molar-refractivity contribution in [3.8, 4) is 11.5 Å². The van der Waals surface area contributed by atoms with Crippen molar-refractivity contribution in [1.29, 1.82) is 0 Å². The van der Waals surface area contributed by atoms with Crippen molar-refractivity contribution in [1.82, 2.24) is 5.32 Å². The Balaban J connectivity index is 0.00000225. The summed E-state index contributed by atoms with van der Waals surface area (Å²) in [6.07, 6.45) is 2.63. The first-order valence-electron chi connectivity index (χ1n) is 8.49. The Hall–Kier alpha value is -1.75. The normalized spacial score (nSPS) is 17.3. The van der Waals surface area contributed by atoms with Crippen LogP contribution < -0.4 is 10.1 Å². The zero-order chi connectivity index (χ0) is 16.9. The summed E-state index contributed by atoms with van der Waals surface area (Å²) in [6, 6.07) is 13.2. The zero-order valence-corrected chi connectivity index (χ0v) is 15.3. The van der Waals surface area contributed by atoms with Crippen LogP contribution in [-0.4, -0.2) is 30.4 Å². The number of benzene rings is 2. The first-order valence-corrected chi connectivity index (χ1v) is 8.49. The fourth-order valence-electron chi connectivity index (χ4n) is 3.38. The highest BCUT2D eigenvalue weighted by atomic mass is 35.5. The van der Waals surface area contributed by atoms with E-state index in [-0.39, 0.29) is 12.4 Å². The summed E-state index contributed by atoms with van der Waals surface area (Å²) >= 11 is 0. The molecule has 25 heavy (non-hydrogen) atoms. The number of aliphatic hydroxyl groups is 1. The third-order valence-corrected chi connectivity index (χ3v) is 4.77. The highest BCUT2D eigenvalue weighted by Gasteiger charge is 2.19. The molecule has 0 saturated heterocycles. The molecule has 2 aromatic rings.